The first kappa shape index (κ1) is 11.6. The maximum absolute atomic E-state index is 10.9. The van der Waals surface area contributed by atoms with Crippen molar-refractivity contribution in [2.24, 2.45) is 0 Å². The molecule has 0 fully saturated rings. The van der Waals surface area contributed by atoms with Crippen LogP contribution in [0.25, 0.3) is 0 Å². The van der Waals surface area contributed by atoms with E-state index in [1.54, 1.807) is 0 Å². The van der Waals surface area contributed by atoms with Gasteiger partial charge in [-0.15, -0.1) is 0 Å². The minimum absolute atomic E-state index is 0.214. The fourth-order valence-electron chi connectivity index (χ4n) is 1.37. The average molecular weight is 207 g/mol. The first-order valence-electron chi connectivity index (χ1n) is 5.16. The van der Waals surface area contributed by atoms with Crippen LogP contribution in [0.5, 0.6) is 0 Å². The molecule has 1 rings (SSSR count). The van der Waals surface area contributed by atoms with Crippen molar-refractivity contribution in [3.63, 3.8) is 0 Å². The number of ether oxygens (including phenoxy) is 1. The van der Waals surface area contributed by atoms with Crippen molar-refractivity contribution in [3.05, 3.63) is 29.8 Å². The summed E-state index contributed by atoms with van der Waals surface area (Å²) in [4.78, 5) is 10.9. The van der Waals surface area contributed by atoms with E-state index in [0.29, 0.717) is 0 Å². The number of esters is 1. The number of methoxy groups -OCH3 is 1. The summed E-state index contributed by atoms with van der Waals surface area (Å²) in [5.41, 5.74) is 2.25. The minimum atomic E-state index is -0.254. The highest BCUT2D eigenvalue weighted by Crippen LogP contribution is 2.11. The molecular formula is C12H17NO2. The Kier molecular flexibility index (Phi) is 4.68. The topological polar surface area (TPSA) is 38.3 Å². The van der Waals surface area contributed by atoms with E-state index in [1.807, 2.05) is 12.1 Å². The molecule has 0 aliphatic heterocycles. The number of nitrogens with one attached hydrogen (secondary N) is 1. The lowest BCUT2D eigenvalue weighted by atomic mass is 10.1. The van der Waals surface area contributed by atoms with E-state index < -0.39 is 0 Å². The van der Waals surface area contributed by atoms with Gasteiger partial charge >= 0.3 is 5.97 Å². The Morgan fingerprint density at radius 3 is 2.93 bits per heavy atom. The Morgan fingerprint density at radius 1 is 1.47 bits per heavy atom. The van der Waals surface area contributed by atoms with Crippen LogP contribution < -0.4 is 5.32 Å². The lowest BCUT2D eigenvalue weighted by molar-refractivity contribution is -0.138. The minimum Gasteiger partial charge on any atom is -0.468 e. The highest BCUT2D eigenvalue weighted by molar-refractivity contribution is 5.74. The number of hydrogen-bond acceptors (Lipinski definition) is 3. The van der Waals surface area contributed by atoms with Gasteiger partial charge < -0.3 is 10.1 Å². The van der Waals surface area contributed by atoms with E-state index in [2.05, 4.69) is 29.1 Å². The molecule has 3 nitrogen and oxygen atoms in total. The largest absolute Gasteiger partial charge is 0.468 e. The second-order valence-electron chi connectivity index (χ2n) is 3.38. The zero-order valence-corrected chi connectivity index (χ0v) is 9.25. The molecule has 0 saturated carbocycles. The maximum Gasteiger partial charge on any atom is 0.325 e. The van der Waals surface area contributed by atoms with Crippen molar-refractivity contribution in [2.45, 2.75) is 19.8 Å². The molecule has 0 aliphatic rings. The molecular weight excluding hydrogens is 190 g/mol. The van der Waals surface area contributed by atoms with Gasteiger partial charge in [0.2, 0.25) is 0 Å². The van der Waals surface area contributed by atoms with Crippen molar-refractivity contribution in [2.75, 3.05) is 19.0 Å². The van der Waals surface area contributed by atoms with E-state index in [4.69, 9.17) is 0 Å². The monoisotopic (exact) mass is 207 g/mol. The molecule has 3 heteroatoms. The van der Waals surface area contributed by atoms with E-state index in [0.717, 1.165) is 18.5 Å². The zero-order valence-electron chi connectivity index (χ0n) is 9.25. The van der Waals surface area contributed by atoms with Gasteiger partial charge in [0.25, 0.3) is 0 Å². The number of benzene rings is 1. The number of carbonyl (C=O) groups is 1. The third kappa shape index (κ3) is 4.02. The summed E-state index contributed by atoms with van der Waals surface area (Å²) < 4.78 is 4.55. The standard InChI is InChI=1S/C12H17NO2/c1-3-5-10-6-4-7-11(8-10)13-9-12(14)15-2/h4,6-8,13H,3,5,9H2,1-2H3. The molecule has 15 heavy (non-hydrogen) atoms. The molecule has 1 N–H and O–H groups in total. The van der Waals surface area contributed by atoms with Gasteiger partial charge in [-0.1, -0.05) is 25.5 Å². The SMILES string of the molecule is CCCc1cccc(NCC(=O)OC)c1. The molecule has 0 saturated heterocycles. The van der Waals surface area contributed by atoms with Crippen molar-refractivity contribution >= 4 is 11.7 Å². The fourth-order valence-corrected chi connectivity index (χ4v) is 1.37. The summed E-state index contributed by atoms with van der Waals surface area (Å²) in [5.74, 6) is -0.254. The van der Waals surface area contributed by atoms with Crippen molar-refractivity contribution in [1.29, 1.82) is 0 Å². The van der Waals surface area contributed by atoms with E-state index in [9.17, 15) is 4.79 Å². The molecule has 0 aliphatic carbocycles. The van der Waals surface area contributed by atoms with Crippen LogP contribution >= 0.6 is 0 Å². The maximum atomic E-state index is 10.9. The van der Waals surface area contributed by atoms with Crippen LogP contribution in [0.15, 0.2) is 24.3 Å². The Hall–Kier alpha value is -1.51. The number of aryl methyl sites for hydroxylation is 1. The quantitative estimate of drug-likeness (QED) is 0.752. The summed E-state index contributed by atoms with van der Waals surface area (Å²) >= 11 is 0. The molecule has 0 spiro atoms. The first-order valence-corrected chi connectivity index (χ1v) is 5.16. The lowest BCUT2D eigenvalue weighted by Crippen LogP contribution is -2.14. The molecule has 1 aromatic carbocycles. The van der Waals surface area contributed by atoms with Crippen molar-refractivity contribution in [1.82, 2.24) is 0 Å². The summed E-state index contributed by atoms with van der Waals surface area (Å²) in [6, 6.07) is 8.09. The Bertz CT molecular complexity index is 323. The number of anilines is 1. The number of hydrogen-bond donors (Lipinski definition) is 1. The van der Waals surface area contributed by atoms with Crippen LogP contribution in [0.3, 0.4) is 0 Å². The third-order valence-corrected chi connectivity index (χ3v) is 2.13. The van der Waals surface area contributed by atoms with Crippen LogP contribution in [-0.2, 0) is 16.0 Å². The predicted octanol–water partition coefficient (Wildman–Crippen LogP) is 2.22. The van der Waals surface area contributed by atoms with Crippen LogP contribution in [0.2, 0.25) is 0 Å². The normalized spacial score (nSPS) is 9.73. The summed E-state index contributed by atoms with van der Waals surface area (Å²) in [7, 11) is 1.39. The van der Waals surface area contributed by atoms with E-state index in [-0.39, 0.29) is 12.5 Å². The molecule has 0 aromatic heterocycles. The molecule has 82 valence electrons. The zero-order chi connectivity index (χ0) is 11.1. The molecule has 0 atom stereocenters. The van der Waals surface area contributed by atoms with Crippen molar-refractivity contribution in [3.8, 4) is 0 Å². The smallest absolute Gasteiger partial charge is 0.325 e. The summed E-state index contributed by atoms with van der Waals surface area (Å²) in [6.45, 7) is 2.36. The van der Waals surface area contributed by atoms with Crippen LogP contribution in [0.4, 0.5) is 5.69 Å². The summed E-state index contributed by atoms with van der Waals surface area (Å²) in [6.07, 6.45) is 2.19. The van der Waals surface area contributed by atoms with Gasteiger partial charge in [0.1, 0.15) is 6.54 Å². The first-order chi connectivity index (χ1) is 7.26. The highest BCUT2D eigenvalue weighted by Gasteiger charge is 1.99. The second kappa shape index (κ2) is 6.06. The van der Waals surface area contributed by atoms with Gasteiger partial charge in [-0.25, -0.2) is 0 Å². The molecule has 0 unspecified atom stereocenters. The second-order valence-corrected chi connectivity index (χ2v) is 3.38. The molecule has 0 heterocycles. The van der Waals surface area contributed by atoms with Gasteiger partial charge in [0.15, 0.2) is 0 Å². The summed E-state index contributed by atoms with van der Waals surface area (Å²) in [5, 5.41) is 3.02. The van der Waals surface area contributed by atoms with E-state index >= 15 is 0 Å². The molecule has 0 radical (unpaired) electrons. The molecule has 0 amide bonds. The van der Waals surface area contributed by atoms with Crippen LogP contribution in [-0.4, -0.2) is 19.6 Å². The highest BCUT2D eigenvalue weighted by atomic mass is 16.5. The lowest BCUT2D eigenvalue weighted by Gasteiger charge is -2.06. The number of rotatable bonds is 5. The fraction of sp³-hybridized carbons (Fsp3) is 0.417. The van der Waals surface area contributed by atoms with Crippen molar-refractivity contribution < 1.29 is 9.53 Å². The van der Waals surface area contributed by atoms with Crippen LogP contribution in [0, 0.1) is 0 Å². The Labute approximate surface area is 90.4 Å². The van der Waals surface area contributed by atoms with Gasteiger partial charge in [-0.2, -0.15) is 0 Å². The molecule has 1 aromatic rings. The third-order valence-electron chi connectivity index (χ3n) is 2.13. The van der Waals surface area contributed by atoms with Crippen LogP contribution in [0.1, 0.15) is 18.9 Å². The van der Waals surface area contributed by atoms with Gasteiger partial charge in [0.05, 0.1) is 7.11 Å². The predicted molar refractivity (Wildman–Crippen MR) is 60.9 cm³/mol. The molecule has 0 bridgehead atoms. The van der Waals surface area contributed by atoms with Gasteiger partial charge in [-0.05, 0) is 24.1 Å². The Balaban J connectivity index is 2.53. The van der Waals surface area contributed by atoms with Gasteiger partial charge in [0, 0.05) is 5.69 Å². The Morgan fingerprint density at radius 2 is 2.27 bits per heavy atom. The number of carbonyl (C=O) groups excluding carboxylic acids is 1. The average Bonchev–Trinajstić information content (AvgIpc) is 2.27. The van der Waals surface area contributed by atoms with E-state index in [1.165, 1.54) is 12.7 Å². The van der Waals surface area contributed by atoms with Gasteiger partial charge in [-0.3, -0.25) is 4.79 Å².